The highest BCUT2D eigenvalue weighted by molar-refractivity contribution is 7.89. The van der Waals surface area contributed by atoms with Gasteiger partial charge in [-0.25, -0.2) is 13.1 Å². The zero-order valence-corrected chi connectivity index (χ0v) is 14.1. The van der Waals surface area contributed by atoms with Crippen LogP contribution in [-0.4, -0.2) is 15.5 Å². The van der Waals surface area contributed by atoms with Crippen LogP contribution in [-0.2, 0) is 10.0 Å². The number of ether oxygens (including phenoxy) is 1. The molecular weight excluding hydrogens is 298 g/mol. The predicted molar refractivity (Wildman–Crippen MR) is 87.6 cm³/mol. The van der Waals surface area contributed by atoms with Gasteiger partial charge in [0.25, 0.3) is 0 Å². The van der Waals surface area contributed by atoms with Crippen molar-refractivity contribution < 1.29 is 13.2 Å². The van der Waals surface area contributed by atoms with E-state index in [-0.39, 0.29) is 6.04 Å². The number of methoxy groups -OCH3 is 1. The Labute approximate surface area is 132 Å². The second kappa shape index (κ2) is 6.50. The van der Waals surface area contributed by atoms with Crippen molar-refractivity contribution in [3.63, 3.8) is 0 Å². The molecule has 2 rings (SSSR count). The summed E-state index contributed by atoms with van der Waals surface area (Å²) in [5.41, 5.74) is 2.44. The number of hydrogen-bond donors (Lipinski definition) is 1. The summed E-state index contributed by atoms with van der Waals surface area (Å²) in [4.78, 5) is 0.314. The van der Waals surface area contributed by atoms with Crippen molar-refractivity contribution in [1.82, 2.24) is 4.72 Å². The molecule has 2 aromatic carbocycles. The highest BCUT2D eigenvalue weighted by Crippen LogP contribution is 2.26. The van der Waals surface area contributed by atoms with Crippen molar-refractivity contribution in [2.75, 3.05) is 7.11 Å². The smallest absolute Gasteiger partial charge is 0.241 e. The summed E-state index contributed by atoms with van der Waals surface area (Å²) in [7, 11) is -2.02. The van der Waals surface area contributed by atoms with Gasteiger partial charge in [-0.3, -0.25) is 0 Å². The average Bonchev–Trinajstić information content (AvgIpc) is 2.49. The zero-order valence-electron chi connectivity index (χ0n) is 13.3. The van der Waals surface area contributed by atoms with Crippen molar-refractivity contribution in [3.05, 3.63) is 59.2 Å². The molecule has 22 heavy (non-hydrogen) atoms. The first-order valence-corrected chi connectivity index (χ1v) is 8.56. The Kier molecular flexibility index (Phi) is 4.88. The van der Waals surface area contributed by atoms with E-state index in [1.165, 1.54) is 0 Å². The Morgan fingerprint density at radius 2 is 1.77 bits per heavy atom. The van der Waals surface area contributed by atoms with Gasteiger partial charge in [0.15, 0.2) is 0 Å². The third-order valence-electron chi connectivity index (χ3n) is 3.57. The number of rotatable bonds is 5. The highest BCUT2D eigenvalue weighted by atomic mass is 32.2. The molecule has 4 nitrogen and oxygen atoms in total. The highest BCUT2D eigenvalue weighted by Gasteiger charge is 2.22. The van der Waals surface area contributed by atoms with Crippen LogP contribution in [0, 0.1) is 13.8 Å². The average molecular weight is 319 g/mol. The van der Waals surface area contributed by atoms with Crippen LogP contribution in [0.5, 0.6) is 5.75 Å². The molecule has 0 unspecified atom stereocenters. The molecule has 0 aromatic heterocycles. The summed E-state index contributed by atoms with van der Waals surface area (Å²) >= 11 is 0. The van der Waals surface area contributed by atoms with E-state index in [4.69, 9.17) is 4.74 Å². The van der Waals surface area contributed by atoms with E-state index in [9.17, 15) is 8.42 Å². The minimum absolute atomic E-state index is 0.314. The van der Waals surface area contributed by atoms with Crippen molar-refractivity contribution in [1.29, 1.82) is 0 Å². The monoisotopic (exact) mass is 319 g/mol. The van der Waals surface area contributed by atoms with Crippen LogP contribution in [0.2, 0.25) is 0 Å². The van der Waals surface area contributed by atoms with Crippen molar-refractivity contribution in [2.45, 2.75) is 31.7 Å². The van der Waals surface area contributed by atoms with Gasteiger partial charge >= 0.3 is 0 Å². The molecule has 0 saturated heterocycles. The fourth-order valence-corrected chi connectivity index (χ4v) is 3.93. The maximum Gasteiger partial charge on any atom is 0.241 e. The summed E-state index contributed by atoms with van der Waals surface area (Å²) in [6.45, 7) is 5.48. The number of hydrogen-bond acceptors (Lipinski definition) is 3. The van der Waals surface area contributed by atoms with Gasteiger partial charge in [-0.05, 0) is 44.0 Å². The van der Waals surface area contributed by atoms with Gasteiger partial charge in [0.05, 0.1) is 12.0 Å². The number of benzene rings is 2. The van der Waals surface area contributed by atoms with E-state index in [0.717, 1.165) is 16.7 Å². The summed E-state index contributed by atoms with van der Waals surface area (Å²) < 4.78 is 33.3. The summed E-state index contributed by atoms with van der Waals surface area (Å²) in [6.07, 6.45) is 0. The standard InChI is InChI=1S/C17H21NO3S/c1-12-9-10-13(2)17(11-12)22(19,20)18-14(3)15-7-5-6-8-16(15)21-4/h5-11,14,18H,1-4H3/t14-/m0/s1. The van der Waals surface area contributed by atoms with E-state index < -0.39 is 10.0 Å². The van der Waals surface area contributed by atoms with Crippen molar-refractivity contribution >= 4 is 10.0 Å². The second-order valence-corrected chi connectivity index (χ2v) is 7.04. The van der Waals surface area contributed by atoms with Crippen LogP contribution in [0.3, 0.4) is 0 Å². The van der Waals surface area contributed by atoms with Gasteiger partial charge in [0.2, 0.25) is 10.0 Å². The van der Waals surface area contributed by atoms with Crippen LogP contribution < -0.4 is 9.46 Å². The van der Waals surface area contributed by atoms with Gasteiger partial charge in [-0.2, -0.15) is 0 Å². The molecule has 2 aromatic rings. The topological polar surface area (TPSA) is 55.4 Å². The fourth-order valence-electron chi connectivity index (χ4n) is 2.38. The first-order valence-electron chi connectivity index (χ1n) is 7.07. The first-order chi connectivity index (χ1) is 10.3. The third-order valence-corrected chi connectivity index (χ3v) is 5.25. The number of para-hydroxylation sites is 1. The van der Waals surface area contributed by atoms with Crippen LogP contribution in [0.4, 0.5) is 0 Å². The molecule has 0 aliphatic heterocycles. The van der Waals surface area contributed by atoms with Gasteiger partial charge in [0, 0.05) is 11.6 Å². The lowest BCUT2D eigenvalue weighted by molar-refractivity contribution is 0.405. The van der Waals surface area contributed by atoms with Crippen LogP contribution in [0.1, 0.15) is 29.7 Å². The molecule has 0 aliphatic rings. The minimum Gasteiger partial charge on any atom is -0.496 e. The molecule has 0 bridgehead atoms. The van der Waals surface area contributed by atoms with Crippen molar-refractivity contribution in [2.24, 2.45) is 0 Å². The molecule has 0 spiro atoms. The van der Waals surface area contributed by atoms with Gasteiger partial charge in [0.1, 0.15) is 5.75 Å². The molecule has 0 heterocycles. The SMILES string of the molecule is COc1ccccc1[C@H](C)NS(=O)(=O)c1cc(C)ccc1C. The maximum absolute atomic E-state index is 12.6. The quantitative estimate of drug-likeness (QED) is 0.919. The molecular formula is C17H21NO3S. The molecule has 5 heteroatoms. The Morgan fingerprint density at radius 1 is 1.09 bits per heavy atom. The molecule has 0 amide bonds. The molecule has 1 N–H and O–H groups in total. The largest absolute Gasteiger partial charge is 0.496 e. The molecule has 0 fully saturated rings. The molecule has 118 valence electrons. The number of aryl methyl sites for hydroxylation is 2. The number of sulfonamides is 1. The maximum atomic E-state index is 12.6. The Hall–Kier alpha value is -1.85. The third kappa shape index (κ3) is 3.48. The van der Waals surface area contributed by atoms with E-state index in [0.29, 0.717) is 10.6 Å². The summed E-state index contributed by atoms with van der Waals surface area (Å²) in [5.74, 6) is 0.665. The van der Waals surface area contributed by atoms with Crippen LogP contribution >= 0.6 is 0 Å². The van der Waals surface area contributed by atoms with E-state index >= 15 is 0 Å². The number of nitrogens with one attached hydrogen (secondary N) is 1. The van der Waals surface area contributed by atoms with E-state index in [2.05, 4.69) is 4.72 Å². The van der Waals surface area contributed by atoms with Gasteiger partial charge in [-0.15, -0.1) is 0 Å². The Bertz CT molecular complexity index is 769. The van der Waals surface area contributed by atoms with E-state index in [1.807, 2.05) is 43.3 Å². The van der Waals surface area contributed by atoms with Crippen LogP contribution in [0.25, 0.3) is 0 Å². The van der Waals surface area contributed by atoms with Crippen molar-refractivity contribution in [3.8, 4) is 5.75 Å². The van der Waals surface area contributed by atoms with E-state index in [1.54, 1.807) is 27.0 Å². The lowest BCUT2D eigenvalue weighted by atomic mass is 10.1. The lowest BCUT2D eigenvalue weighted by Gasteiger charge is -2.18. The van der Waals surface area contributed by atoms with Gasteiger partial charge in [-0.1, -0.05) is 30.3 Å². The summed E-state index contributed by atoms with van der Waals surface area (Å²) in [6, 6.07) is 12.4. The molecule has 0 radical (unpaired) electrons. The zero-order chi connectivity index (χ0) is 16.3. The Morgan fingerprint density at radius 3 is 2.45 bits per heavy atom. The molecule has 0 saturated carbocycles. The Balaban J connectivity index is 2.34. The molecule has 1 atom stereocenters. The second-order valence-electron chi connectivity index (χ2n) is 5.35. The summed E-state index contributed by atoms with van der Waals surface area (Å²) in [5, 5.41) is 0. The predicted octanol–water partition coefficient (Wildman–Crippen LogP) is 3.35. The normalized spacial score (nSPS) is 12.9. The van der Waals surface area contributed by atoms with Gasteiger partial charge < -0.3 is 4.74 Å². The first kappa shape index (κ1) is 16.5. The lowest BCUT2D eigenvalue weighted by Crippen LogP contribution is -2.27. The van der Waals surface area contributed by atoms with Crippen LogP contribution in [0.15, 0.2) is 47.4 Å². The minimum atomic E-state index is -3.59. The molecule has 0 aliphatic carbocycles. The fraction of sp³-hybridized carbons (Fsp3) is 0.294.